The van der Waals surface area contributed by atoms with Crippen molar-refractivity contribution in [1.29, 1.82) is 5.26 Å². The molecule has 0 fully saturated rings. The lowest BCUT2D eigenvalue weighted by molar-refractivity contribution is 0.301. The first-order valence-corrected chi connectivity index (χ1v) is 15.4. The fourth-order valence-electron chi connectivity index (χ4n) is 5.96. The van der Waals surface area contributed by atoms with Gasteiger partial charge in [0, 0.05) is 40.7 Å². The van der Waals surface area contributed by atoms with Gasteiger partial charge < -0.3 is 15.4 Å². The molecule has 0 saturated heterocycles. The van der Waals surface area contributed by atoms with Gasteiger partial charge in [0.25, 0.3) is 0 Å². The van der Waals surface area contributed by atoms with Crippen molar-refractivity contribution in [3.8, 4) is 22.9 Å². The van der Waals surface area contributed by atoms with Gasteiger partial charge in [-0.15, -0.1) is 0 Å². The molecule has 0 saturated carbocycles. The highest BCUT2D eigenvalue weighted by molar-refractivity contribution is 6.31. The van der Waals surface area contributed by atoms with E-state index in [0.717, 1.165) is 78.2 Å². The van der Waals surface area contributed by atoms with E-state index in [-0.39, 0.29) is 11.7 Å². The second kappa shape index (κ2) is 15.1. The zero-order valence-corrected chi connectivity index (χ0v) is 25.4. The molecule has 43 heavy (non-hydrogen) atoms. The molecule has 2 N–H and O–H groups in total. The fraction of sp³-hybridized carbons (Fsp3) is 0.333. The average molecular weight is 597 g/mol. The number of hydrogen-bond donors (Lipinski definition) is 2. The molecule has 0 aliphatic heterocycles. The van der Waals surface area contributed by atoms with Crippen LogP contribution in [0.2, 0.25) is 5.02 Å². The van der Waals surface area contributed by atoms with Gasteiger partial charge in [-0.2, -0.15) is 5.26 Å². The number of hydrogen-bond acceptors (Lipinski definition) is 5. The van der Waals surface area contributed by atoms with Gasteiger partial charge >= 0.3 is 0 Å². The van der Waals surface area contributed by atoms with E-state index in [1.807, 2.05) is 37.4 Å². The molecule has 0 unspecified atom stereocenters. The van der Waals surface area contributed by atoms with E-state index in [9.17, 15) is 9.65 Å². The van der Waals surface area contributed by atoms with Crippen molar-refractivity contribution in [2.75, 3.05) is 20.1 Å². The molecule has 5 rings (SSSR count). The molecule has 0 bridgehead atoms. The van der Waals surface area contributed by atoms with E-state index in [0.29, 0.717) is 24.3 Å². The van der Waals surface area contributed by atoms with Gasteiger partial charge in [0.2, 0.25) is 0 Å². The number of fused-ring (bicyclic) bond motifs is 1. The van der Waals surface area contributed by atoms with Gasteiger partial charge in [-0.1, -0.05) is 54.4 Å². The van der Waals surface area contributed by atoms with Gasteiger partial charge in [0.1, 0.15) is 24.2 Å². The van der Waals surface area contributed by atoms with Crippen molar-refractivity contribution in [1.82, 2.24) is 15.6 Å². The van der Waals surface area contributed by atoms with Crippen molar-refractivity contribution in [2.24, 2.45) is 0 Å². The number of benzene rings is 3. The predicted octanol–water partition coefficient (Wildman–Crippen LogP) is 7.74. The maximum Gasteiger partial charge on any atom is 0.131 e. The van der Waals surface area contributed by atoms with Crippen LogP contribution < -0.4 is 15.4 Å². The summed E-state index contributed by atoms with van der Waals surface area (Å²) in [7, 11) is 1.98. The summed E-state index contributed by atoms with van der Waals surface area (Å²) in [6.45, 7) is 2.90. The molecular weight excluding hydrogens is 559 g/mol. The van der Waals surface area contributed by atoms with Crippen LogP contribution in [0.3, 0.4) is 0 Å². The van der Waals surface area contributed by atoms with E-state index >= 15 is 0 Å². The molecule has 0 radical (unpaired) electrons. The largest absolute Gasteiger partial charge is 0.489 e. The summed E-state index contributed by atoms with van der Waals surface area (Å²) in [5, 5.41) is 16.7. The summed E-state index contributed by atoms with van der Waals surface area (Å²) >= 11 is 6.92. The van der Waals surface area contributed by atoms with Gasteiger partial charge in [-0.25, -0.2) is 4.39 Å². The van der Waals surface area contributed by atoms with Gasteiger partial charge in [0.05, 0.1) is 5.56 Å². The molecule has 0 amide bonds. The molecule has 1 atom stereocenters. The molecular formula is C36H38ClFN4O. The van der Waals surface area contributed by atoms with E-state index < -0.39 is 0 Å². The van der Waals surface area contributed by atoms with Crippen LogP contribution in [0.15, 0.2) is 73.1 Å². The Hall–Kier alpha value is -3.76. The Morgan fingerprint density at radius 3 is 2.67 bits per heavy atom. The van der Waals surface area contributed by atoms with Crippen LogP contribution in [-0.2, 0) is 26.0 Å². The Kier molecular flexibility index (Phi) is 10.8. The number of nitrogens with one attached hydrogen (secondary N) is 2. The summed E-state index contributed by atoms with van der Waals surface area (Å²) in [4.78, 5) is 4.17. The zero-order valence-electron chi connectivity index (χ0n) is 24.6. The smallest absolute Gasteiger partial charge is 0.131 e. The molecule has 4 aromatic rings. The third-order valence-corrected chi connectivity index (χ3v) is 8.52. The number of ether oxygens (including phenoxy) is 1. The molecule has 7 heteroatoms. The quantitative estimate of drug-likeness (QED) is 0.146. The predicted molar refractivity (Wildman–Crippen MR) is 171 cm³/mol. The standard InChI is InChI=1S/C36H38ClFN4O/c1-40-14-5-2-6-15-41-23-29-18-34(37)28(19-36(29)43-24-26-16-25(20-39)21-42-22-26)17-27-12-13-32-30(27)9-7-10-31(32)33-8-3-4-11-35(33)38/h3-4,7-11,16,18-19,21-22,27,40-41H,2,5-6,12-15,17,23-24H2,1H3/t27-/m1/s1. The Labute approximate surface area is 259 Å². The van der Waals surface area contributed by atoms with Crippen molar-refractivity contribution in [3.63, 3.8) is 0 Å². The first-order valence-electron chi connectivity index (χ1n) is 15.1. The summed E-state index contributed by atoms with van der Waals surface area (Å²) < 4.78 is 21.0. The van der Waals surface area contributed by atoms with Gasteiger partial charge in [-0.05, 0) is 105 Å². The Bertz CT molecular complexity index is 1580. The zero-order chi connectivity index (χ0) is 30.0. The maximum absolute atomic E-state index is 14.7. The average Bonchev–Trinajstić information content (AvgIpc) is 3.44. The minimum Gasteiger partial charge on any atom is -0.489 e. The van der Waals surface area contributed by atoms with Crippen LogP contribution >= 0.6 is 11.6 Å². The molecule has 1 aliphatic carbocycles. The van der Waals surface area contributed by atoms with Gasteiger partial charge in [-0.3, -0.25) is 4.98 Å². The highest BCUT2D eigenvalue weighted by atomic mass is 35.5. The number of aromatic nitrogens is 1. The highest BCUT2D eigenvalue weighted by Gasteiger charge is 2.27. The fourth-order valence-corrected chi connectivity index (χ4v) is 6.22. The molecule has 5 nitrogen and oxygen atoms in total. The topological polar surface area (TPSA) is 70.0 Å². The third kappa shape index (κ3) is 7.80. The maximum atomic E-state index is 14.7. The summed E-state index contributed by atoms with van der Waals surface area (Å²) in [5.74, 6) is 0.870. The first kappa shape index (κ1) is 30.7. The highest BCUT2D eigenvalue weighted by Crippen LogP contribution is 2.42. The molecule has 1 heterocycles. The van der Waals surface area contributed by atoms with Crippen LogP contribution in [0.4, 0.5) is 4.39 Å². The Balaban J connectivity index is 1.35. The van der Waals surface area contributed by atoms with Crippen LogP contribution in [0.5, 0.6) is 5.75 Å². The summed E-state index contributed by atoms with van der Waals surface area (Å²) in [5.41, 5.74) is 7.51. The number of pyridine rings is 1. The number of nitriles is 1. The van der Waals surface area contributed by atoms with Crippen molar-refractivity contribution >= 4 is 11.6 Å². The summed E-state index contributed by atoms with van der Waals surface area (Å²) in [6, 6.07) is 21.3. The lowest BCUT2D eigenvalue weighted by atomic mass is 9.90. The van der Waals surface area contributed by atoms with Crippen LogP contribution in [0.25, 0.3) is 11.1 Å². The molecule has 0 spiro atoms. The van der Waals surface area contributed by atoms with E-state index in [2.05, 4.69) is 33.8 Å². The number of unbranched alkanes of at least 4 members (excludes halogenated alkanes) is 2. The minimum absolute atomic E-state index is 0.193. The van der Waals surface area contributed by atoms with Crippen molar-refractivity contribution < 1.29 is 9.13 Å². The monoisotopic (exact) mass is 596 g/mol. The molecule has 3 aromatic carbocycles. The van der Waals surface area contributed by atoms with E-state index in [1.54, 1.807) is 24.5 Å². The first-order chi connectivity index (χ1) is 21.1. The van der Waals surface area contributed by atoms with E-state index in [4.69, 9.17) is 16.3 Å². The lowest BCUT2D eigenvalue weighted by Gasteiger charge is -2.18. The van der Waals surface area contributed by atoms with E-state index in [1.165, 1.54) is 23.6 Å². The minimum atomic E-state index is -0.193. The molecule has 1 aliphatic rings. The molecule has 222 valence electrons. The summed E-state index contributed by atoms with van der Waals surface area (Å²) in [6.07, 6.45) is 9.37. The van der Waals surface area contributed by atoms with Crippen molar-refractivity contribution in [2.45, 2.75) is 57.6 Å². The van der Waals surface area contributed by atoms with Crippen LogP contribution in [-0.4, -0.2) is 25.1 Å². The van der Waals surface area contributed by atoms with Crippen molar-refractivity contribution in [3.05, 3.63) is 117 Å². The second-order valence-corrected chi connectivity index (χ2v) is 11.6. The Morgan fingerprint density at radius 1 is 1.00 bits per heavy atom. The number of halogens is 2. The molecule has 1 aromatic heterocycles. The van der Waals surface area contributed by atoms with Crippen LogP contribution in [0, 0.1) is 17.1 Å². The third-order valence-electron chi connectivity index (χ3n) is 8.17. The Morgan fingerprint density at radius 2 is 1.84 bits per heavy atom. The number of rotatable bonds is 14. The second-order valence-electron chi connectivity index (χ2n) is 11.2. The van der Waals surface area contributed by atoms with Gasteiger partial charge in [0.15, 0.2) is 0 Å². The van der Waals surface area contributed by atoms with Crippen LogP contribution in [0.1, 0.15) is 65.0 Å². The SMILES string of the molecule is CNCCCCCNCc1cc(Cl)c(C[C@H]2CCc3c(-c4ccccc4F)cccc32)cc1OCc1cncc(C#N)c1. The normalized spacial score (nSPS) is 14.0. The lowest BCUT2D eigenvalue weighted by Crippen LogP contribution is -2.16. The number of nitrogens with zero attached hydrogens (tertiary/aromatic N) is 2.